The predicted molar refractivity (Wildman–Crippen MR) is 95.8 cm³/mol. The molecule has 1 aliphatic rings. The molecule has 1 aliphatic heterocycles. The zero-order valence-electron chi connectivity index (χ0n) is 14.2. The summed E-state index contributed by atoms with van der Waals surface area (Å²) in [5, 5.41) is 2.83. The van der Waals surface area contributed by atoms with E-state index in [9.17, 15) is 18.0 Å². The van der Waals surface area contributed by atoms with E-state index in [1.54, 1.807) is 23.4 Å². The van der Waals surface area contributed by atoms with Gasteiger partial charge in [0.25, 0.3) is 0 Å². The summed E-state index contributed by atoms with van der Waals surface area (Å²) in [7, 11) is 0. The molecule has 1 saturated heterocycles. The van der Waals surface area contributed by atoms with Gasteiger partial charge in [0.1, 0.15) is 0 Å². The molecule has 2 heterocycles. The number of benzene rings is 1. The van der Waals surface area contributed by atoms with Gasteiger partial charge in [-0.1, -0.05) is 11.6 Å². The van der Waals surface area contributed by atoms with Crippen molar-refractivity contribution in [3.05, 3.63) is 47.2 Å². The number of aromatic nitrogens is 2. The number of hydrogen-bond acceptors (Lipinski definition) is 5. The number of piperazine rings is 1. The predicted octanol–water partition coefficient (Wildman–Crippen LogP) is 2.91. The minimum atomic E-state index is -4.47. The average Bonchev–Trinajstić information content (AvgIpc) is 2.67. The van der Waals surface area contributed by atoms with E-state index in [4.69, 9.17) is 11.6 Å². The number of anilines is 2. The summed E-state index contributed by atoms with van der Waals surface area (Å²) in [6.07, 6.45) is -1.16. The number of rotatable bonds is 4. The van der Waals surface area contributed by atoms with E-state index in [0.717, 1.165) is 18.2 Å². The molecule has 0 bridgehead atoms. The molecule has 1 aromatic carbocycles. The van der Waals surface area contributed by atoms with Crippen LogP contribution >= 0.6 is 11.6 Å². The Bertz CT molecular complexity index is 795. The topological polar surface area (TPSA) is 61.4 Å². The number of hydrogen-bond donors (Lipinski definition) is 1. The highest BCUT2D eigenvalue weighted by molar-refractivity contribution is 6.33. The monoisotopic (exact) mass is 399 g/mol. The van der Waals surface area contributed by atoms with Crippen molar-refractivity contribution in [3.8, 4) is 0 Å². The van der Waals surface area contributed by atoms with Crippen molar-refractivity contribution in [2.45, 2.75) is 6.18 Å². The Morgan fingerprint density at radius 1 is 1.15 bits per heavy atom. The summed E-state index contributed by atoms with van der Waals surface area (Å²) in [6.45, 7) is 1.99. The molecular weight excluding hydrogens is 383 g/mol. The van der Waals surface area contributed by atoms with Crippen molar-refractivity contribution in [2.75, 3.05) is 42.9 Å². The van der Waals surface area contributed by atoms with Crippen LogP contribution in [0.2, 0.25) is 5.02 Å². The van der Waals surface area contributed by atoms with Crippen LogP contribution in [0.3, 0.4) is 0 Å². The van der Waals surface area contributed by atoms with Gasteiger partial charge in [-0.05, 0) is 24.3 Å². The van der Waals surface area contributed by atoms with Gasteiger partial charge in [0.05, 0.1) is 22.8 Å². The van der Waals surface area contributed by atoms with E-state index in [0.29, 0.717) is 32.1 Å². The molecule has 0 saturated carbocycles. The van der Waals surface area contributed by atoms with Crippen LogP contribution in [0.4, 0.5) is 24.8 Å². The Balaban J connectivity index is 1.55. The molecule has 1 N–H and O–H groups in total. The van der Waals surface area contributed by atoms with Gasteiger partial charge >= 0.3 is 6.18 Å². The first kappa shape index (κ1) is 19.2. The molecule has 10 heteroatoms. The van der Waals surface area contributed by atoms with Gasteiger partial charge in [0.15, 0.2) is 0 Å². The fourth-order valence-corrected chi connectivity index (χ4v) is 2.91. The molecule has 1 fully saturated rings. The largest absolute Gasteiger partial charge is 0.416 e. The summed E-state index contributed by atoms with van der Waals surface area (Å²) in [5.41, 5.74) is -0.741. The lowest BCUT2D eigenvalue weighted by Crippen LogP contribution is -2.50. The fraction of sp³-hybridized carbons (Fsp3) is 0.353. The van der Waals surface area contributed by atoms with Gasteiger partial charge in [-0.2, -0.15) is 13.2 Å². The number of nitrogens with one attached hydrogen (secondary N) is 1. The van der Waals surface area contributed by atoms with Crippen LogP contribution in [0.5, 0.6) is 0 Å². The fourth-order valence-electron chi connectivity index (χ4n) is 2.73. The smallest absolute Gasteiger partial charge is 0.375 e. The van der Waals surface area contributed by atoms with Crippen LogP contribution in [0, 0.1) is 0 Å². The normalized spacial score (nSPS) is 15.0. The van der Waals surface area contributed by atoms with Gasteiger partial charge < -0.3 is 15.1 Å². The molecular formula is C17H17ClF3N5O. The summed E-state index contributed by atoms with van der Waals surface area (Å²) in [6, 6.07) is 4.70. The third kappa shape index (κ3) is 4.79. The van der Waals surface area contributed by atoms with Crippen molar-refractivity contribution < 1.29 is 18.0 Å². The van der Waals surface area contributed by atoms with Crippen molar-refractivity contribution >= 4 is 29.1 Å². The van der Waals surface area contributed by atoms with Gasteiger partial charge in [-0.25, -0.2) is 9.97 Å². The molecule has 2 aromatic rings. The second-order valence-corrected chi connectivity index (χ2v) is 6.37. The maximum atomic E-state index is 12.8. The first-order valence-electron chi connectivity index (χ1n) is 8.25. The highest BCUT2D eigenvalue weighted by atomic mass is 35.5. The van der Waals surface area contributed by atoms with E-state index in [-0.39, 0.29) is 23.2 Å². The number of amides is 1. The van der Waals surface area contributed by atoms with Crippen LogP contribution < -0.4 is 10.2 Å². The van der Waals surface area contributed by atoms with E-state index in [2.05, 4.69) is 15.3 Å². The van der Waals surface area contributed by atoms with Gasteiger partial charge in [0.2, 0.25) is 11.9 Å². The first-order chi connectivity index (χ1) is 12.8. The summed E-state index contributed by atoms with van der Waals surface area (Å²) in [4.78, 5) is 24.3. The number of halogens is 4. The van der Waals surface area contributed by atoms with Gasteiger partial charge in [-0.3, -0.25) is 4.79 Å². The number of carbonyl (C=O) groups excluding carboxylic acids is 1. The van der Waals surface area contributed by atoms with Gasteiger partial charge in [-0.15, -0.1) is 0 Å². The lowest BCUT2D eigenvalue weighted by Gasteiger charge is -2.34. The maximum absolute atomic E-state index is 12.8. The molecule has 0 unspecified atom stereocenters. The Labute approximate surface area is 159 Å². The molecule has 0 atom stereocenters. The first-order valence-corrected chi connectivity index (χ1v) is 8.63. The van der Waals surface area contributed by atoms with E-state index < -0.39 is 11.7 Å². The minimum absolute atomic E-state index is 0.0798. The van der Waals surface area contributed by atoms with E-state index >= 15 is 0 Å². The highest BCUT2D eigenvalue weighted by Crippen LogP contribution is 2.33. The van der Waals surface area contributed by atoms with Crippen molar-refractivity contribution in [3.63, 3.8) is 0 Å². The zero-order chi connectivity index (χ0) is 19.4. The second kappa shape index (κ2) is 7.99. The molecule has 0 radical (unpaired) electrons. The van der Waals surface area contributed by atoms with Gasteiger partial charge in [0, 0.05) is 38.6 Å². The van der Waals surface area contributed by atoms with Crippen LogP contribution in [0.15, 0.2) is 36.7 Å². The lowest BCUT2D eigenvalue weighted by atomic mass is 10.2. The molecule has 144 valence electrons. The SMILES string of the molecule is O=C(CNc1cc(C(F)(F)F)ccc1Cl)N1CCN(c2ncccn2)CC1. The third-order valence-electron chi connectivity index (χ3n) is 4.19. The average molecular weight is 400 g/mol. The van der Waals surface area contributed by atoms with E-state index in [1.165, 1.54) is 0 Å². The van der Waals surface area contributed by atoms with E-state index in [1.807, 2.05) is 4.90 Å². The summed E-state index contributed by atoms with van der Waals surface area (Å²) in [5.74, 6) is 0.399. The highest BCUT2D eigenvalue weighted by Gasteiger charge is 2.31. The Morgan fingerprint density at radius 3 is 2.44 bits per heavy atom. The third-order valence-corrected chi connectivity index (χ3v) is 4.52. The standard InChI is InChI=1S/C17H17ClF3N5O/c18-13-3-2-12(17(19,20)21)10-14(13)24-11-15(27)25-6-8-26(9-7-25)16-22-4-1-5-23-16/h1-5,10,24H,6-9,11H2. The maximum Gasteiger partial charge on any atom is 0.416 e. The Hall–Kier alpha value is -2.55. The molecule has 0 aliphatic carbocycles. The van der Waals surface area contributed by atoms with Crippen molar-refractivity contribution in [1.82, 2.24) is 14.9 Å². The molecule has 3 rings (SSSR count). The van der Waals surface area contributed by atoms with Crippen LogP contribution in [-0.4, -0.2) is 53.5 Å². The Morgan fingerprint density at radius 2 is 1.81 bits per heavy atom. The molecule has 1 aromatic heterocycles. The van der Waals surface area contributed by atoms with Crippen LogP contribution in [0.1, 0.15) is 5.56 Å². The number of carbonyl (C=O) groups is 1. The molecule has 27 heavy (non-hydrogen) atoms. The zero-order valence-corrected chi connectivity index (χ0v) is 15.0. The molecule has 0 spiro atoms. The number of alkyl halides is 3. The van der Waals surface area contributed by atoms with Crippen molar-refractivity contribution in [2.24, 2.45) is 0 Å². The van der Waals surface area contributed by atoms with Crippen LogP contribution in [0.25, 0.3) is 0 Å². The van der Waals surface area contributed by atoms with Crippen LogP contribution in [-0.2, 0) is 11.0 Å². The van der Waals surface area contributed by atoms with Crippen molar-refractivity contribution in [1.29, 1.82) is 0 Å². The summed E-state index contributed by atoms with van der Waals surface area (Å²) < 4.78 is 38.4. The quantitative estimate of drug-likeness (QED) is 0.856. The Kier molecular flexibility index (Phi) is 5.69. The summed E-state index contributed by atoms with van der Waals surface area (Å²) >= 11 is 5.93. The number of nitrogens with zero attached hydrogens (tertiary/aromatic N) is 4. The molecule has 1 amide bonds. The lowest BCUT2D eigenvalue weighted by molar-refractivity contribution is -0.137. The minimum Gasteiger partial charge on any atom is -0.375 e. The molecule has 6 nitrogen and oxygen atoms in total. The second-order valence-electron chi connectivity index (χ2n) is 5.96.